The lowest BCUT2D eigenvalue weighted by Gasteiger charge is -2.13. The number of methoxy groups -OCH3 is 1. The van der Waals surface area contributed by atoms with Crippen molar-refractivity contribution in [2.24, 2.45) is 0 Å². The van der Waals surface area contributed by atoms with Crippen LogP contribution in [0.25, 0.3) is 0 Å². The molecule has 0 aromatic heterocycles. The predicted octanol–water partition coefficient (Wildman–Crippen LogP) is 3.34. The lowest BCUT2D eigenvalue weighted by molar-refractivity contribution is 0.295. The van der Waals surface area contributed by atoms with Gasteiger partial charge in [0, 0.05) is 17.3 Å². The molecule has 2 N–H and O–H groups in total. The fourth-order valence-corrected chi connectivity index (χ4v) is 2.12. The number of nitrogens with two attached hydrogens (primary N) is 1. The molecule has 4 heteroatoms. The fraction of sp³-hybridized carbons (Fsp3) is 0.235. The molecule has 0 aliphatic rings. The number of benzene rings is 2. The Hall–Kier alpha value is -2.67. The summed E-state index contributed by atoms with van der Waals surface area (Å²) >= 11 is 0. The van der Waals surface area contributed by atoms with Crippen LogP contribution in [0.2, 0.25) is 0 Å². The maximum atomic E-state index is 8.97. The third-order valence-electron chi connectivity index (χ3n) is 3.36. The summed E-state index contributed by atoms with van der Waals surface area (Å²) < 4.78 is 11.1. The van der Waals surface area contributed by atoms with Crippen molar-refractivity contribution in [3.05, 3.63) is 52.6 Å². The Labute approximate surface area is 124 Å². The van der Waals surface area contributed by atoms with Crippen molar-refractivity contribution in [2.45, 2.75) is 20.5 Å². The van der Waals surface area contributed by atoms with Gasteiger partial charge >= 0.3 is 0 Å². The van der Waals surface area contributed by atoms with Gasteiger partial charge in [0.25, 0.3) is 0 Å². The topological polar surface area (TPSA) is 68.3 Å². The van der Waals surface area contributed by atoms with Gasteiger partial charge in [0.15, 0.2) is 0 Å². The minimum absolute atomic E-state index is 0.321. The first-order valence-electron chi connectivity index (χ1n) is 6.61. The molecular weight excluding hydrogens is 264 g/mol. The molecule has 21 heavy (non-hydrogen) atoms. The van der Waals surface area contributed by atoms with Crippen molar-refractivity contribution in [3.8, 4) is 17.6 Å². The van der Waals surface area contributed by atoms with Gasteiger partial charge in [-0.15, -0.1) is 0 Å². The zero-order valence-corrected chi connectivity index (χ0v) is 12.4. The molecule has 0 unspecified atom stereocenters. The Morgan fingerprint density at radius 3 is 2.52 bits per heavy atom. The molecule has 2 rings (SSSR count). The van der Waals surface area contributed by atoms with E-state index in [1.807, 2.05) is 26.0 Å². The van der Waals surface area contributed by atoms with Gasteiger partial charge in [0.1, 0.15) is 18.1 Å². The predicted molar refractivity (Wildman–Crippen MR) is 82.4 cm³/mol. The van der Waals surface area contributed by atoms with E-state index < -0.39 is 0 Å². The number of nitrogens with zero attached hydrogens (tertiary/aromatic N) is 1. The number of nitrogen functional groups attached to an aromatic ring is 1. The van der Waals surface area contributed by atoms with Crippen LogP contribution in [0.3, 0.4) is 0 Å². The highest BCUT2D eigenvalue weighted by Gasteiger charge is 2.08. The summed E-state index contributed by atoms with van der Waals surface area (Å²) in [5.74, 6) is 1.44. The molecule has 0 saturated heterocycles. The van der Waals surface area contributed by atoms with Crippen molar-refractivity contribution in [1.82, 2.24) is 0 Å². The minimum Gasteiger partial charge on any atom is -0.496 e. The second-order valence-corrected chi connectivity index (χ2v) is 4.90. The standard InChI is InChI=1S/C17H18N2O2/c1-11-6-12(2)17(8-15(11)19)21-10-14-7-13(9-18)4-5-16(14)20-3/h4-8H,10,19H2,1-3H3. The van der Waals surface area contributed by atoms with E-state index in [9.17, 15) is 0 Å². The average molecular weight is 282 g/mol. The van der Waals surface area contributed by atoms with Gasteiger partial charge in [-0.2, -0.15) is 5.26 Å². The van der Waals surface area contributed by atoms with E-state index in [4.69, 9.17) is 20.5 Å². The van der Waals surface area contributed by atoms with E-state index in [-0.39, 0.29) is 0 Å². The quantitative estimate of drug-likeness (QED) is 0.873. The normalized spacial score (nSPS) is 10.0. The summed E-state index contributed by atoms with van der Waals surface area (Å²) in [5, 5.41) is 8.97. The maximum absolute atomic E-state index is 8.97. The molecule has 2 aromatic carbocycles. The number of rotatable bonds is 4. The van der Waals surface area contributed by atoms with Gasteiger partial charge in [-0.25, -0.2) is 0 Å². The van der Waals surface area contributed by atoms with E-state index in [0.29, 0.717) is 23.6 Å². The van der Waals surface area contributed by atoms with Crippen LogP contribution in [0.15, 0.2) is 30.3 Å². The molecule has 0 amide bonds. The lowest BCUT2D eigenvalue weighted by Crippen LogP contribution is -2.02. The molecule has 108 valence electrons. The van der Waals surface area contributed by atoms with Crippen LogP contribution in [-0.2, 0) is 6.61 Å². The van der Waals surface area contributed by atoms with E-state index >= 15 is 0 Å². The molecule has 0 heterocycles. The summed E-state index contributed by atoms with van der Waals surface area (Å²) in [5.41, 5.74) is 10.1. The Kier molecular flexibility index (Phi) is 4.34. The van der Waals surface area contributed by atoms with Crippen LogP contribution < -0.4 is 15.2 Å². The van der Waals surface area contributed by atoms with Crippen molar-refractivity contribution in [1.29, 1.82) is 5.26 Å². The number of nitriles is 1. The highest BCUT2D eigenvalue weighted by atomic mass is 16.5. The van der Waals surface area contributed by atoms with E-state index in [1.165, 1.54) is 0 Å². The lowest BCUT2D eigenvalue weighted by atomic mass is 10.1. The van der Waals surface area contributed by atoms with Gasteiger partial charge < -0.3 is 15.2 Å². The molecule has 0 saturated carbocycles. The van der Waals surface area contributed by atoms with Gasteiger partial charge in [-0.3, -0.25) is 0 Å². The molecule has 2 aromatic rings. The summed E-state index contributed by atoms with van der Waals surface area (Å²) in [7, 11) is 1.60. The molecule has 0 aliphatic carbocycles. The molecule has 4 nitrogen and oxygen atoms in total. The molecule has 0 bridgehead atoms. The number of anilines is 1. The van der Waals surface area contributed by atoms with Crippen molar-refractivity contribution >= 4 is 5.69 Å². The molecule has 0 atom stereocenters. The van der Waals surface area contributed by atoms with Gasteiger partial charge in [0.2, 0.25) is 0 Å². The fourth-order valence-electron chi connectivity index (χ4n) is 2.12. The van der Waals surface area contributed by atoms with E-state index in [1.54, 1.807) is 25.3 Å². The van der Waals surface area contributed by atoms with Crippen molar-refractivity contribution in [3.63, 3.8) is 0 Å². The van der Waals surface area contributed by atoms with Crippen molar-refractivity contribution in [2.75, 3.05) is 12.8 Å². The number of hydrogen-bond donors (Lipinski definition) is 1. The summed E-state index contributed by atoms with van der Waals surface area (Å²) in [6, 6.07) is 11.2. The highest BCUT2D eigenvalue weighted by molar-refractivity contribution is 5.54. The van der Waals surface area contributed by atoms with Gasteiger partial charge in [0.05, 0.1) is 18.7 Å². The maximum Gasteiger partial charge on any atom is 0.125 e. The average Bonchev–Trinajstić information content (AvgIpc) is 2.49. The third kappa shape index (κ3) is 3.26. The molecule has 0 aliphatic heterocycles. The number of aryl methyl sites for hydroxylation is 2. The largest absolute Gasteiger partial charge is 0.496 e. The minimum atomic E-state index is 0.321. The molecule has 0 fully saturated rings. The highest BCUT2D eigenvalue weighted by Crippen LogP contribution is 2.27. The van der Waals surface area contributed by atoms with Crippen LogP contribution in [0, 0.1) is 25.2 Å². The zero-order valence-electron chi connectivity index (χ0n) is 12.4. The second kappa shape index (κ2) is 6.19. The Bertz CT molecular complexity index is 703. The zero-order chi connectivity index (χ0) is 15.4. The molecule has 0 radical (unpaired) electrons. The van der Waals surface area contributed by atoms with Crippen LogP contribution in [-0.4, -0.2) is 7.11 Å². The van der Waals surface area contributed by atoms with Crippen molar-refractivity contribution < 1.29 is 9.47 Å². The number of hydrogen-bond acceptors (Lipinski definition) is 4. The third-order valence-corrected chi connectivity index (χ3v) is 3.36. The first kappa shape index (κ1) is 14.7. The second-order valence-electron chi connectivity index (χ2n) is 4.90. The van der Waals surface area contributed by atoms with Gasteiger partial charge in [-0.05, 0) is 43.2 Å². The van der Waals surface area contributed by atoms with Crippen LogP contribution >= 0.6 is 0 Å². The van der Waals surface area contributed by atoms with Crippen LogP contribution in [0.4, 0.5) is 5.69 Å². The van der Waals surface area contributed by atoms with Gasteiger partial charge in [-0.1, -0.05) is 6.07 Å². The summed E-state index contributed by atoms with van der Waals surface area (Å²) in [4.78, 5) is 0. The molecular formula is C17H18N2O2. The van der Waals surface area contributed by atoms with E-state index in [0.717, 1.165) is 22.4 Å². The first-order chi connectivity index (χ1) is 10.0. The first-order valence-corrected chi connectivity index (χ1v) is 6.61. The Balaban J connectivity index is 2.24. The number of ether oxygens (including phenoxy) is 2. The van der Waals surface area contributed by atoms with Crippen LogP contribution in [0.1, 0.15) is 22.3 Å². The smallest absolute Gasteiger partial charge is 0.125 e. The summed E-state index contributed by atoms with van der Waals surface area (Å²) in [6.07, 6.45) is 0. The van der Waals surface area contributed by atoms with Crippen LogP contribution in [0.5, 0.6) is 11.5 Å². The Morgan fingerprint density at radius 2 is 1.86 bits per heavy atom. The van der Waals surface area contributed by atoms with E-state index in [2.05, 4.69) is 6.07 Å². The Morgan fingerprint density at radius 1 is 1.10 bits per heavy atom. The molecule has 0 spiro atoms. The monoisotopic (exact) mass is 282 g/mol. The summed E-state index contributed by atoms with van der Waals surface area (Å²) in [6.45, 7) is 4.26. The SMILES string of the molecule is COc1ccc(C#N)cc1COc1cc(N)c(C)cc1C.